The van der Waals surface area contributed by atoms with Crippen LogP contribution in [0.15, 0.2) is 41.4 Å². The van der Waals surface area contributed by atoms with Crippen LogP contribution in [0.2, 0.25) is 0 Å². The molecule has 20 heavy (non-hydrogen) atoms. The molecule has 0 bridgehead atoms. The molecule has 1 fully saturated rings. The second-order valence-corrected chi connectivity index (χ2v) is 5.90. The molecule has 110 valence electrons. The van der Waals surface area contributed by atoms with Crippen molar-refractivity contribution in [1.82, 2.24) is 0 Å². The third-order valence-corrected chi connectivity index (χ3v) is 4.23. The van der Waals surface area contributed by atoms with Crippen LogP contribution < -0.4 is 0 Å². The molecule has 1 aromatic rings. The molecule has 3 nitrogen and oxygen atoms in total. The van der Waals surface area contributed by atoms with Gasteiger partial charge in [-0.05, 0) is 25.0 Å². The van der Waals surface area contributed by atoms with Gasteiger partial charge >= 0.3 is 0 Å². The highest BCUT2D eigenvalue weighted by Crippen LogP contribution is 2.26. The third-order valence-electron chi connectivity index (χ3n) is 3.45. The highest BCUT2D eigenvalue weighted by Gasteiger charge is 2.31. The second-order valence-electron chi connectivity index (χ2n) is 5.05. The molecule has 1 heterocycles. The van der Waals surface area contributed by atoms with E-state index in [1.807, 2.05) is 31.2 Å². The average molecular weight is 341 g/mol. The lowest BCUT2D eigenvalue weighted by atomic mass is 10.1. The number of hydrogen-bond acceptors (Lipinski definition) is 3. The van der Waals surface area contributed by atoms with Crippen molar-refractivity contribution >= 4 is 15.9 Å². The Morgan fingerprint density at radius 1 is 1.40 bits per heavy atom. The van der Waals surface area contributed by atoms with E-state index in [0.29, 0.717) is 19.8 Å². The maximum Gasteiger partial charge on any atom is 0.165 e. The monoisotopic (exact) mass is 340 g/mol. The maximum absolute atomic E-state index is 5.90. The number of benzene rings is 1. The summed E-state index contributed by atoms with van der Waals surface area (Å²) in [7, 11) is 0. The Hall–Kier alpha value is -0.680. The van der Waals surface area contributed by atoms with Crippen LogP contribution in [-0.4, -0.2) is 25.1 Å². The van der Waals surface area contributed by atoms with Gasteiger partial charge in [0.25, 0.3) is 0 Å². The van der Waals surface area contributed by atoms with Gasteiger partial charge in [0, 0.05) is 10.9 Å². The molecule has 1 aromatic carbocycles. The van der Waals surface area contributed by atoms with E-state index in [1.54, 1.807) is 0 Å². The summed E-state index contributed by atoms with van der Waals surface area (Å²) >= 11 is 3.52. The summed E-state index contributed by atoms with van der Waals surface area (Å²) in [6.07, 6.45) is 3.49. The van der Waals surface area contributed by atoms with Crippen LogP contribution in [0, 0.1) is 0 Å². The number of rotatable bonds is 7. The second kappa shape index (κ2) is 7.36. The van der Waals surface area contributed by atoms with E-state index in [1.165, 1.54) is 0 Å². The lowest BCUT2D eigenvalue weighted by Gasteiger charge is -2.24. The van der Waals surface area contributed by atoms with Gasteiger partial charge in [-0.3, -0.25) is 0 Å². The van der Waals surface area contributed by atoms with Crippen molar-refractivity contribution in [2.45, 2.75) is 38.3 Å². The third kappa shape index (κ3) is 4.42. The SMILES string of the molecule is C=CC(CCC1(C)OCCO1)OCc1ccccc1Br. The first-order valence-corrected chi connectivity index (χ1v) is 7.68. The fourth-order valence-electron chi connectivity index (χ4n) is 2.19. The molecule has 1 saturated heterocycles. The van der Waals surface area contributed by atoms with Crippen molar-refractivity contribution in [3.63, 3.8) is 0 Å². The minimum Gasteiger partial charge on any atom is -0.369 e. The molecule has 2 rings (SSSR count). The van der Waals surface area contributed by atoms with Crippen LogP contribution in [0.25, 0.3) is 0 Å². The molecule has 1 unspecified atom stereocenters. The largest absolute Gasteiger partial charge is 0.369 e. The van der Waals surface area contributed by atoms with Crippen molar-refractivity contribution in [2.75, 3.05) is 13.2 Å². The van der Waals surface area contributed by atoms with Crippen molar-refractivity contribution in [2.24, 2.45) is 0 Å². The van der Waals surface area contributed by atoms with Crippen LogP contribution >= 0.6 is 15.9 Å². The van der Waals surface area contributed by atoms with Crippen LogP contribution in [0.1, 0.15) is 25.3 Å². The Bertz CT molecular complexity index is 441. The van der Waals surface area contributed by atoms with Crippen LogP contribution in [0.4, 0.5) is 0 Å². The molecule has 0 aromatic heterocycles. The smallest absolute Gasteiger partial charge is 0.165 e. The number of halogens is 1. The van der Waals surface area contributed by atoms with Crippen LogP contribution in [0.5, 0.6) is 0 Å². The minimum atomic E-state index is -0.460. The summed E-state index contributed by atoms with van der Waals surface area (Å²) in [4.78, 5) is 0. The molecule has 0 N–H and O–H groups in total. The van der Waals surface area contributed by atoms with Gasteiger partial charge in [0.2, 0.25) is 0 Å². The summed E-state index contributed by atoms with van der Waals surface area (Å²) in [6.45, 7) is 7.74. The van der Waals surface area contributed by atoms with Gasteiger partial charge in [-0.15, -0.1) is 6.58 Å². The highest BCUT2D eigenvalue weighted by atomic mass is 79.9. The first kappa shape index (κ1) is 15.7. The van der Waals surface area contributed by atoms with E-state index in [-0.39, 0.29) is 6.10 Å². The Kier molecular flexibility index (Phi) is 5.78. The first-order valence-electron chi connectivity index (χ1n) is 6.88. The molecular formula is C16H21BrO3. The maximum atomic E-state index is 5.90. The van der Waals surface area contributed by atoms with E-state index in [2.05, 4.69) is 28.6 Å². The minimum absolute atomic E-state index is 0.00623. The van der Waals surface area contributed by atoms with Gasteiger partial charge in [-0.2, -0.15) is 0 Å². The number of hydrogen-bond donors (Lipinski definition) is 0. The van der Waals surface area contributed by atoms with Crippen molar-refractivity contribution < 1.29 is 14.2 Å². The summed E-state index contributed by atoms with van der Waals surface area (Å²) < 4.78 is 18.2. The molecule has 4 heteroatoms. The predicted octanol–water partition coefficient (Wildman–Crippen LogP) is 4.06. The summed E-state index contributed by atoms with van der Waals surface area (Å²) in [6, 6.07) is 8.07. The van der Waals surface area contributed by atoms with Gasteiger partial charge in [-0.1, -0.05) is 40.2 Å². The molecular weight excluding hydrogens is 320 g/mol. The first-order chi connectivity index (χ1) is 9.63. The van der Waals surface area contributed by atoms with E-state index in [9.17, 15) is 0 Å². The highest BCUT2D eigenvalue weighted by molar-refractivity contribution is 9.10. The van der Waals surface area contributed by atoms with Gasteiger partial charge in [0.1, 0.15) is 0 Å². The average Bonchev–Trinajstić information content (AvgIpc) is 2.88. The Morgan fingerprint density at radius 3 is 2.75 bits per heavy atom. The quantitative estimate of drug-likeness (QED) is 0.700. The summed E-state index contributed by atoms with van der Waals surface area (Å²) in [5.74, 6) is -0.460. The molecule has 1 aliphatic rings. The predicted molar refractivity (Wildman–Crippen MR) is 82.5 cm³/mol. The Morgan fingerprint density at radius 2 is 2.10 bits per heavy atom. The van der Waals surface area contributed by atoms with Crippen molar-refractivity contribution in [3.05, 3.63) is 47.0 Å². The van der Waals surface area contributed by atoms with Gasteiger partial charge in [0.05, 0.1) is 25.9 Å². The van der Waals surface area contributed by atoms with E-state index in [0.717, 1.165) is 22.9 Å². The summed E-state index contributed by atoms with van der Waals surface area (Å²) in [5.41, 5.74) is 1.14. The molecule has 0 aliphatic carbocycles. The standard InChI is InChI=1S/C16H21BrO3/c1-3-14(8-9-16(2)19-10-11-20-16)18-12-13-6-4-5-7-15(13)17/h3-7,14H,1,8-12H2,2H3. The Balaban J connectivity index is 1.80. The fraction of sp³-hybridized carbons (Fsp3) is 0.500. The zero-order valence-corrected chi connectivity index (χ0v) is 13.4. The molecule has 0 amide bonds. The molecule has 0 spiro atoms. The lowest BCUT2D eigenvalue weighted by Crippen LogP contribution is -2.27. The molecule has 0 saturated carbocycles. The fourth-order valence-corrected chi connectivity index (χ4v) is 2.59. The summed E-state index contributed by atoms with van der Waals surface area (Å²) in [5, 5.41) is 0. The van der Waals surface area contributed by atoms with E-state index >= 15 is 0 Å². The lowest BCUT2D eigenvalue weighted by molar-refractivity contribution is -0.151. The topological polar surface area (TPSA) is 27.7 Å². The van der Waals surface area contributed by atoms with Gasteiger partial charge in [0.15, 0.2) is 5.79 Å². The molecule has 1 atom stereocenters. The van der Waals surface area contributed by atoms with Crippen LogP contribution in [-0.2, 0) is 20.8 Å². The van der Waals surface area contributed by atoms with E-state index < -0.39 is 5.79 Å². The van der Waals surface area contributed by atoms with Gasteiger partial charge in [-0.25, -0.2) is 0 Å². The number of ether oxygens (including phenoxy) is 3. The van der Waals surface area contributed by atoms with Crippen LogP contribution in [0.3, 0.4) is 0 Å². The normalized spacial score (nSPS) is 18.9. The van der Waals surface area contributed by atoms with Crippen molar-refractivity contribution in [3.8, 4) is 0 Å². The molecule has 1 aliphatic heterocycles. The molecule has 0 radical (unpaired) electrons. The zero-order chi connectivity index (χ0) is 14.4. The zero-order valence-electron chi connectivity index (χ0n) is 11.8. The Labute approximate surface area is 129 Å². The van der Waals surface area contributed by atoms with Crippen molar-refractivity contribution in [1.29, 1.82) is 0 Å². The van der Waals surface area contributed by atoms with Gasteiger partial charge < -0.3 is 14.2 Å². The van der Waals surface area contributed by atoms with E-state index in [4.69, 9.17) is 14.2 Å².